The van der Waals surface area contributed by atoms with Gasteiger partial charge in [0.25, 0.3) is 0 Å². The van der Waals surface area contributed by atoms with Gasteiger partial charge in [0, 0.05) is 23.5 Å². The lowest BCUT2D eigenvalue weighted by Gasteiger charge is -2.31. The van der Waals surface area contributed by atoms with Crippen LogP contribution in [0.25, 0.3) is 0 Å². The Labute approximate surface area is 92.5 Å². The maximum atomic E-state index is 9.89. The van der Waals surface area contributed by atoms with Crippen molar-refractivity contribution < 1.29 is 5.11 Å². The van der Waals surface area contributed by atoms with Gasteiger partial charge in [-0.25, -0.2) is 0 Å². The van der Waals surface area contributed by atoms with Crippen LogP contribution in [0, 0.1) is 5.92 Å². The van der Waals surface area contributed by atoms with Crippen molar-refractivity contribution in [2.75, 3.05) is 13.1 Å². The van der Waals surface area contributed by atoms with Gasteiger partial charge in [-0.2, -0.15) is 0 Å². The molecular weight excluding hydrogens is 242 g/mol. The van der Waals surface area contributed by atoms with Crippen LogP contribution in [0.5, 0.6) is 0 Å². The van der Waals surface area contributed by atoms with Gasteiger partial charge in [-0.15, -0.1) is 0 Å². The molecule has 14 heavy (non-hydrogen) atoms. The van der Waals surface area contributed by atoms with Gasteiger partial charge in [-0.05, 0) is 18.1 Å². The predicted octanol–water partition coefficient (Wildman–Crippen LogP) is 1.57. The Hall–Kier alpha value is -0.380. The monoisotopic (exact) mass is 255 g/mol. The third-order valence-corrected chi connectivity index (χ3v) is 3.52. The van der Waals surface area contributed by atoms with Gasteiger partial charge < -0.3 is 10.4 Å². The van der Waals surface area contributed by atoms with E-state index in [1.165, 1.54) is 5.56 Å². The summed E-state index contributed by atoms with van der Waals surface area (Å²) in [5, 5.41) is 13.1. The summed E-state index contributed by atoms with van der Waals surface area (Å²) in [5.74, 6) is 0.433. The molecule has 0 aliphatic carbocycles. The molecule has 1 aliphatic rings. The molecule has 1 fully saturated rings. The molecule has 2 rings (SSSR count). The van der Waals surface area contributed by atoms with Crippen LogP contribution in [0.2, 0.25) is 0 Å². The van der Waals surface area contributed by atoms with E-state index in [0.29, 0.717) is 5.92 Å². The maximum absolute atomic E-state index is 9.89. The molecule has 1 unspecified atom stereocenters. The second kappa shape index (κ2) is 4.43. The fourth-order valence-electron chi connectivity index (χ4n) is 1.64. The van der Waals surface area contributed by atoms with Gasteiger partial charge in [0.05, 0.1) is 6.10 Å². The SMILES string of the molecule is OC(Cc1ccccc1Br)C1CNC1. The summed E-state index contributed by atoms with van der Waals surface area (Å²) in [5.41, 5.74) is 1.19. The molecule has 1 aliphatic heterocycles. The van der Waals surface area contributed by atoms with Crippen molar-refractivity contribution in [3.05, 3.63) is 34.3 Å². The van der Waals surface area contributed by atoms with Gasteiger partial charge in [0.1, 0.15) is 0 Å². The summed E-state index contributed by atoms with van der Waals surface area (Å²) < 4.78 is 1.09. The van der Waals surface area contributed by atoms with Gasteiger partial charge in [-0.3, -0.25) is 0 Å². The van der Waals surface area contributed by atoms with Crippen LogP contribution in [0.15, 0.2) is 28.7 Å². The molecule has 1 atom stereocenters. The second-order valence-corrected chi connectivity index (χ2v) is 4.64. The molecule has 1 saturated heterocycles. The summed E-state index contributed by atoms with van der Waals surface area (Å²) in [4.78, 5) is 0. The molecule has 2 nitrogen and oxygen atoms in total. The summed E-state index contributed by atoms with van der Waals surface area (Å²) >= 11 is 3.49. The van der Waals surface area contributed by atoms with E-state index >= 15 is 0 Å². The zero-order valence-electron chi connectivity index (χ0n) is 7.91. The van der Waals surface area contributed by atoms with Crippen LogP contribution < -0.4 is 5.32 Å². The Balaban J connectivity index is 1.99. The first-order chi connectivity index (χ1) is 6.77. The molecule has 3 heteroatoms. The molecular formula is C11H14BrNO. The van der Waals surface area contributed by atoms with Gasteiger partial charge >= 0.3 is 0 Å². The Morgan fingerprint density at radius 2 is 2.14 bits per heavy atom. The number of hydrogen-bond donors (Lipinski definition) is 2. The Kier molecular flexibility index (Phi) is 3.21. The molecule has 1 aromatic rings. The number of aliphatic hydroxyl groups excluding tert-OH is 1. The highest BCUT2D eigenvalue weighted by Gasteiger charge is 2.25. The number of benzene rings is 1. The van der Waals surface area contributed by atoms with E-state index in [2.05, 4.69) is 27.3 Å². The normalized spacial score (nSPS) is 19.0. The van der Waals surface area contributed by atoms with Gasteiger partial charge in [-0.1, -0.05) is 34.1 Å². The second-order valence-electron chi connectivity index (χ2n) is 3.78. The van der Waals surface area contributed by atoms with Crippen LogP contribution in [-0.2, 0) is 6.42 Å². The minimum absolute atomic E-state index is 0.213. The molecule has 0 saturated carbocycles. The van der Waals surface area contributed by atoms with E-state index in [4.69, 9.17) is 0 Å². The molecule has 0 aromatic heterocycles. The highest BCUT2D eigenvalue weighted by Crippen LogP contribution is 2.20. The van der Waals surface area contributed by atoms with Crippen molar-refractivity contribution in [3.8, 4) is 0 Å². The van der Waals surface area contributed by atoms with Crippen LogP contribution in [-0.4, -0.2) is 24.3 Å². The summed E-state index contributed by atoms with van der Waals surface area (Å²) in [6, 6.07) is 8.07. The highest BCUT2D eigenvalue weighted by molar-refractivity contribution is 9.10. The summed E-state index contributed by atoms with van der Waals surface area (Å²) in [6.07, 6.45) is 0.531. The predicted molar refractivity (Wildman–Crippen MR) is 60.2 cm³/mol. The third kappa shape index (κ3) is 2.16. The first-order valence-electron chi connectivity index (χ1n) is 4.89. The fourth-order valence-corrected chi connectivity index (χ4v) is 2.09. The van der Waals surface area contributed by atoms with Crippen molar-refractivity contribution in [1.29, 1.82) is 0 Å². The molecule has 0 bridgehead atoms. The standard InChI is InChI=1S/C11H14BrNO/c12-10-4-2-1-3-8(10)5-11(14)9-6-13-7-9/h1-4,9,11,13-14H,5-7H2. The number of hydrogen-bond acceptors (Lipinski definition) is 2. The zero-order chi connectivity index (χ0) is 9.97. The van der Waals surface area contributed by atoms with Crippen molar-refractivity contribution in [2.24, 2.45) is 5.92 Å². The average molecular weight is 256 g/mol. The smallest absolute Gasteiger partial charge is 0.0633 e. The lowest BCUT2D eigenvalue weighted by Crippen LogP contribution is -2.49. The average Bonchev–Trinajstić information content (AvgIpc) is 2.05. The lowest BCUT2D eigenvalue weighted by molar-refractivity contribution is 0.0771. The Morgan fingerprint density at radius 1 is 1.43 bits per heavy atom. The van der Waals surface area contributed by atoms with Crippen molar-refractivity contribution >= 4 is 15.9 Å². The Bertz CT molecular complexity index is 312. The van der Waals surface area contributed by atoms with E-state index in [-0.39, 0.29) is 6.10 Å². The molecule has 2 N–H and O–H groups in total. The van der Waals surface area contributed by atoms with Crippen LogP contribution >= 0.6 is 15.9 Å². The van der Waals surface area contributed by atoms with Crippen molar-refractivity contribution in [3.63, 3.8) is 0 Å². The minimum atomic E-state index is -0.213. The minimum Gasteiger partial charge on any atom is -0.392 e. The molecule has 0 amide bonds. The van der Waals surface area contributed by atoms with Gasteiger partial charge in [0.2, 0.25) is 0 Å². The first kappa shape index (κ1) is 10.1. The number of nitrogens with one attached hydrogen (secondary N) is 1. The van der Waals surface area contributed by atoms with E-state index in [0.717, 1.165) is 24.0 Å². The molecule has 0 spiro atoms. The molecule has 1 aromatic carbocycles. The number of halogens is 1. The quantitative estimate of drug-likeness (QED) is 0.860. The van der Waals surface area contributed by atoms with Crippen LogP contribution in [0.1, 0.15) is 5.56 Å². The fraction of sp³-hybridized carbons (Fsp3) is 0.455. The molecule has 76 valence electrons. The van der Waals surface area contributed by atoms with E-state index in [1.807, 2.05) is 18.2 Å². The van der Waals surface area contributed by atoms with Crippen LogP contribution in [0.3, 0.4) is 0 Å². The number of aliphatic hydroxyl groups is 1. The maximum Gasteiger partial charge on any atom is 0.0633 e. The topological polar surface area (TPSA) is 32.3 Å². The van der Waals surface area contributed by atoms with E-state index < -0.39 is 0 Å². The van der Waals surface area contributed by atoms with Crippen molar-refractivity contribution in [2.45, 2.75) is 12.5 Å². The summed E-state index contributed by atoms with van der Waals surface area (Å²) in [6.45, 7) is 1.90. The largest absolute Gasteiger partial charge is 0.392 e. The van der Waals surface area contributed by atoms with Crippen LogP contribution in [0.4, 0.5) is 0 Å². The lowest BCUT2D eigenvalue weighted by atomic mass is 9.92. The Morgan fingerprint density at radius 3 is 2.71 bits per heavy atom. The number of rotatable bonds is 3. The highest BCUT2D eigenvalue weighted by atomic mass is 79.9. The zero-order valence-corrected chi connectivity index (χ0v) is 9.50. The first-order valence-corrected chi connectivity index (χ1v) is 5.69. The van der Waals surface area contributed by atoms with Gasteiger partial charge in [0.15, 0.2) is 0 Å². The molecule has 0 radical (unpaired) electrons. The summed E-state index contributed by atoms with van der Waals surface area (Å²) in [7, 11) is 0. The van der Waals surface area contributed by atoms with E-state index in [9.17, 15) is 5.11 Å². The van der Waals surface area contributed by atoms with Crippen molar-refractivity contribution in [1.82, 2.24) is 5.32 Å². The molecule has 1 heterocycles. The van der Waals surface area contributed by atoms with E-state index in [1.54, 1.807) is 0 Å². The third-order valence-electron chi connectivity index (χ3n) is 2.74.